The second-order valence-corrected chi connectivity index (χ2v) is 2.94. The van der Waals surface area contributed by atoms with E-state index in [1.165, 1.54) is 0 Å². The molecule has 0 aromatic heterocycles. The molecule has 3 nitrogen and oxygen atoms in total. The van der Waals surface area contributed by atoms with Crippen molar-refractivity contribution in [1.82, 2.24) is 0 Å². The second-order valence-electron chi connectivity index (χ2n) is 2.94. The van der Waals surface area contributed by atoms with Crippen LogP contribution in [0.3, 0.4) is 0 Å². The third-order valence-corrected chi connectivity index (χ3v) is 1.82. The Labute approximate surface area is 74.7 Å². The monoisotopic (exact) mass is 176 g/mol. The topological polar surface area (TPSA) is 38.7 Å². The van der Waals surface area contributed by atoms with Gasteiger partial charge < -0.3 is 14.6 Å². The van der Waals surface area contributed by atoms with Crippen molar-refractivity contribution in [3.05, 3.63) is 0 Å². The first-order valence-electron chi connectivity index (χ1n) is 4.49. The lowest BCUT2D eigenvalue weighted by molar-refractivity contribution is 0.0250. The van der Waals surface area contributed by atoms with Gasteiger partial charge in [0, 0.05) is 13.7 Å². The minimum Gasteiger partial charge on any atom is -0.391 e. The number of methoxy groups -OCH3 is 1. The van der Waals surface area contributed by atoms with Gasteiger partial charge in [0.2, 0.25) is 0 Å². The standard InChI is InChI=1S/C9H20O3/c1-4-12-7-9(10)6-5-8(2)11-3/h8-10H,4-7H2,1-3H3. The SMILES string of the molecule is CCOCC(O)CCC(C)OC. The molecule has 3 heteroatoms. The minimum atomic E-state index is -0.345. The van der Waals surface area contributed by atoms with Crippen molar-refractivity contribution in [3.8, 4) is 0 Å². The fourth-order valence-electron chi connectivity index (χ4n) is 0.882. The van der Waals surface area contributed by atoms with Gasteiger partial charge in [0.25, 0.3) is 0 Å². The van der Waals surface area contributed by atoms with E-state index in [1.54, 1.807) is 7.11 Å². The summed E-state index contributed by atoms with van der Waals surface area (Å²) in [7, 11) is 1.68. The summed E-state index contributed by atoms with van der Waals surface area (Å²) in [4.78, 5) is 0. The highest BCUT2D eigenvalue weighted by Crippen LogP contribution is 2.04. The van der Waals surface area contributed by atoms with Crippen molar-refractivity contribution in [2.24, 2.45) is 0 Å². The van der Waals surface area contributed by atoms with Crippen LogP contribution in [0.1, 0.15) is 26.7 Å². The van der Waals surface area contributed by atoms with Crippen LogP contribution in [0.2, 0.25) is 0 Å². The largest absolute Gasteiger partial charge is 0.391 e. The fraction of sp³-hybridized carbons (Fsp3) is 1.00. The highest BCUT2D eigenvalue weighted by molar-refractivity contribution is 4.57. The van der Waals surface area contributed by atoms with Crippen molar-refractivity contribution < 1.29 is 14.6 Å². The van der Waals surface area contributed by atoms with Crippen LogP contribution in [0.4, 0.5) is 0 Å². The maximum Gasteiger partial charge on any atom is 0.0774 e. The van der Waals surface area contributed by atoms with Gasteiger partial charge in [-0.25, -0.2) is 0 Å². The Hall–Kier alpha value is -0.120. The molecule has 0 aromatic rings. The molecule has 0 aromatic carbocycles. The van der Waals surface area contributed by atoms with Crippen molar-refractivity contribution >= 4 is 0 Å². The van der Waals surface area contributed by atoms with Gasteiger partial charge in [0.05, 0.1) is 18.8 Å². The average molecular weight is 176 g/mol. The van der Waals surface area contributed by atoms with E-state index < -0.39 is 0 Å². The maximum atomic E-state index is 9.34. The van der Waals surface area contributed by atoms with Gasteiger partial charge >= 0.3 is 0 Å². The Morgan fingerprint density at radius 3 is 2.50 bits per heavy atom. The predicted molar refractivity (Wildman–Crippen MR) is 48.2 cm³/mol. The molecule has 0 fully saturated rings. The quantitative estimate of drug-likeness (QED) is 0.633. The zero-order valence-electron chi connectivity index (χ0n) is 8.25. The van der Waals surface area contributed by atoms with Gasteiger partial charge in [-0.15, -0.1) is 0 Å². The number of ether oxygens (including phenoxy) is 2. The maximum absolute atomic E-state index is 9.34. The van der Waals surface area contributed by atoms with Crippen LogP contribution in [0.15, 0.2) is 0 Å². The number of hydrogen-bond acceptors (Lipinski definition) is 3. The van der Waals surface area contributed by atoms with E-state index in [9.17, 15) is 5.11 Å². The first-order valence-corrected chi connectivity index (χ1v) is 4.49. The van der Waals surface area contributed by atoms with Crippen molar-refractivity contribution in [2.45, 2.75) is 38.9 Å². The van der Waals surface area contributed by atoms with Crippen molar-refractivity contribution in [3.63, 3.8) is 0 Å². The molecule has 0 saturated heterocycles. The molecule has 0 bridgehead atoms. The summed E-state index contributed by atoms with van der Waals surface area (Å²) in [5.41, 5.74) is 0. The van der Waals surface area contributed by atoms with Crippen LogP contribution in [0, 0.1) is 0 Å². The van der Waals surface area contributed by atoms with Crippen LogP contribution < -0.4 is 0 Å². The molecule has 0 radical (unpaired) electrons. The number of rotatable bonds is 7. The summed E-state index contributed by atoms with van der Waals surface area (Å²) in [6, 6.07) is 0. The molecule has 74 valence electrons. The molecule has 12 heavy (non-hydrogen) atoms. The Morgan fingerprint density at radius 2 is 2.00 bits per heavy atom. The highest BCUT2D eigenvalue weighted by atomic mass is 16.5. The number of hydrogen-bond donors (Lipinski definition) is 1. The lowest BCUT2D eigenvalue weighted by atomic mass is 10.1. The van der Waals surface area contributed by atoms with Gasteiger partial charge in [0.1, 0.15) is 0 Å². The molecule has 0 amide bonds. The Bertz CT molecular complexity index is 95.8. The minimum absolute atomic E-state index is 0.223. The lowest BCUT2D eigenvalue weighted by Gasteiger charge is -2.13. The summed E-state index contributed by atoms with van der Waals surface area (Å²) in [5.74, 6) is 0. The van der Waals surface area contributed by atoms with E-state index in [2.05, 4.69) is 0 Å². The van der Waals surface area contributed by atoms with Crippen molar-refractivity contribution in [2.75, 3.05) is 20.3 Å². The molecule has 2 unspecified atom stereocenters. The predicted octanol–water partition coefficient (Wildman–Crippen LogP) is 1.20. The summed E-state index contributed by atoms with van der Waals surface area (Å²) in [5, 5.41) is 9.34. The molecular weight excluding hydrogens is 156 g/mol. The number of aliphatic hydroxyl groups excluding tert-OH is 1. The summed E-state index contributed by atoms with van der Waals surface area (Å²) in [6.45, 7) is 5.02. The number of aliphatic hydroxyl groups is 1. The molecule has 0 aliphatic heterocycles. The van der Waals surface area contributed by atoms with E-state index in [-0.39, 0.29) is 12.2 Å². The zero-order valence-corrected chi connectivity index (χ0v) is 8.25. The van der Waals surface area contributed by atoms with E-state index >= 15 is 0 Å². The lowest BCUT2D eigenvalue weighted by Crippen LogP contribution is -2.18. The van der Waals surface area contributed by atoms with Crippen molar-refractivity contribution in [1.29, 1.82) is 0 Å². The van der Waals surface area contributed by atoms with Crippen LogP contribution >= 0.6 is 0 Å². The van der Waals surface area contributed by atoms with Gasteiger partial charge in [-0.2, -0.15) is 0 Å². The van der Waals surface area contributed by atoms with Gasteiger partial charge in [-0.3, -0.25) is 0 Å². The van der Waals surface area contributed by atoms with E-state index in [0.29, 0.717) is 13.2 Å². The molecule has 0 heterocycles. The fourth-order valence-corrected chi connectivity index (χ4v) is 0.882. The average Bonchev–Trinajstić information content (AvgIpc) is 2.10. The van der Waals surface area contributed by atoms with Crippen LogP contribution in [-0.2, 0) is 9.47 Å². The second kappa shape index (κ2) is 7.53. The Morgan fingerprint density at radius 1 is 1.33 bits per heavy atom. The third kappa shape index (κ3) is 6.58. The molecule has 2 atom stereocenters. The molecule has 0 aliphatic rings. The van der Waals surface area contributed by atoms with Crippen LogP contribution in [0.5, 0.6) is 0 Å². The molecule has 0 rings (SSSR count). The Kier molecular flexibility index (Phi) is 7.45. The highest BCUT2D eigenvalue weighted by Gasteiger charge is 2.06. The van der Waals surface area contributed by atoms with E-state index in [4.69, 9.17) is 9.47 Å². The summed E-state index contributed by atoms with van der Waals surface area (Å²) < 4.78 is 10.1. The molecule has 0 aliphatic carbocycles. The molecule has 0 saturated carbocycles. The van der Waals surface area contributed by atoms with E-state index in [1.807, 2.05) is 13.8 Å². The molecule has 1 N–H and O–H groups in total. The first-order chi connectivity index (χ1) is 5.70. The molecule has 0 spiro atoms. The summed E-state index contributed by atoms with van der Waals surface area (Å²) >= 11 is 0. The van der Waals surface area contributed by atoms with E-state index in [0.717, 1.165) is 12.8 Å². The first kappa shape index (κ1) is 11.9. The smallest absolute Gasteiger partial charge is 0.0774 e. The van der Waals surface area contributed by atoms with Gasteiger partial charge in [-0.05, 0) is 26.7 Å². The van der Waals surface area contributed by atoms with Gasteiger partial charge in [-0.1, -0.05) is 0 Å². The third-order valence-electron chi connectivity index (χ3n) is 1.82. The normalized spacial score (nSPS) is 16.0. The Balaban J connectivity index is 3.24. The van der Waals surface area contributed by atoms with Crippen LogP contribution in [0.25, 0.3) is 0 Å². The van der Waals surface area contributed by atoms with Gasteiger partial charge in [0.15, 0.2) is 0 Å². The molecular formula is C9H20O3. The van der Waals surface area contributed by atoms with Crippen LogP contribution in [-0.4, -0.2) is 37.6 Å². The summed E-state index contributed by atoms with van der Waals surface area (Å²) in [6.07, 6.45) is 1.50. The zero-order chi connectivity index (χ0) is 9.40.